The maximum absolute atomic E-state index is 11.8. The Morgan fingerprint density at radius 1 is 1.16 bits per heavy atom. The number of hydrogen-bond donors (Lipinski definition) is 0. The van der Waals surface area contributed by atoms with E-state index in [0.29, 0.717) is 24.4 Å². The summed E-state index contributed by atoms with van der Waals surface area (Å²) in [5.74, 6) is 0.764. The van der Waals surface area contributed by atoms with Gasteiger partial charge >= 0.3 is 0 Å². The van der Waals surface area contributed by atoms with Crippen molar-refractivity contribution in [1.82, 2.24) is 0 Å². The van der Waals surface area contributed by atoms with Crippen LogP contribution in [-0.2, 0) is 16.1 Å². The Labute approximate surface area is 116 Å². The Morgan fingerprint density at radius 3 is 2.47 bits per heavy atom. The van der Waals surface area contributed by atoms with E-state index in [1.165, 1.54) is 5.56 Å². The van der Waals surface area contributed by atoms with Crippen LogP contribution in [0, 0.1) is 5.92 Å². The first kappa shape index (κ1) is 14.3. The molecule has 0 spiro atoms. The Balaban J connectivity index is 1.70. The number of ketones is 1. The molecule has 0 aromatic heterocycles. The number of Topliss-reactive ketones (excluding diaryl/α,β-unsaturated/α-hetero) is 1. The number of ether oxygens (including phenoxy) is 1. The molecular formula is C17H24O2. The molecule has 0 N–H and O–H groups in total. The van der Waals surface area contributed by atoms with Crippen LogP contribution < -0.4 is 0 Å². The molecule has 1 fully saturated rings. The maximum Gasteiger partial charge on any atom is 0.135 e. The third-order valence-electron chi connectivity index (χ3n) is 3.95. The van der Waals surface area contributed by atoms with Crippen molar-refractivity contribution in [3.63, 3.8) is 0 Å². The number of hydrogen-bond acceptors (Lipinski definition) is 2. The van der Waals surface area contributed by atoms with Crippen LogP contribution in [0.15, 0.2) is 30.3 Å². The molecule has 1 aliphatic carbocycles. The maximum atomic E-state index is 11.8. The molecule has 0 atom stereocenters. The molecule has 0 bridgehead atoms. The molecule has 0 amide bonds. The molecule has 2 rings (SSSR count). The molecule has 0 radical (unpaired) electrons. The minimum Gasteiger partial charge on any atom is -0.374 e. The summed E-state index contributed by atoms with van der Waals surface area (Å²) in [6.45, 7) is 2.77. The molecule has 0 saturated heterocycles. The smallest absolute Gasteiger partial charge is 0.135 e. The summed E-state index contributed by atoms with van der Waals surface area (Å²) in [7, 11) is 0. The van der Waals surface area contributed by atoms with E-state index in [4.69, 9.17) is 4.74 Å². The van der Waals surface area contributed by atoms with Crippen LogP contribution in [0.1, 0.15) is 51.0 Å². The highest BCUT2D eigenvalue weighted by molar-refractivity contribution is 5.80. The van der Waals surface area contributed by atoms with Crippen LogP contribution in [0.4, 0.5) is 0 Å². The van der Waals surface area contributed by atoms with Gasteiger partial charge in [0.15, 0.2) is 0 Å². The van der Waals surface area contributed by atoms with Crippen molar-refractivity contribution in [2.75, 3.05) is 0 Å². The Kier molecular flexibility index (Phi) is 5.59. The summed E-state index contributed by atoms with van der Waals surface area (Å²) < 4.78 is 5.95. The summed E-state index contributed by atoms with van der Waals surface area (Å²) in [5.41, 5.74) is 1.23. The zero-order valence-corrected chi connectivity index (χ0v) is 11.8. The number of benzene rings is 1. The predicted octanol–water partition coefficient (Wildman–Crippen LogP) is 4.13. The van der Waals surface area contributed by atoms with E-state index in [1.807, 2.05) is 18.2 Å². The molecular weight excluding hydrogens is 236 g/mol. The van der Waals surface area contributed by atoms with Gasteiger partial charge in [-0.2, -0.15) is 0 Å². The summed E-state index contributed by atoms with van der Waals surface area (Å²) in [5, 5.41) is 0. The molecule has 19 heavy (non-hydrogen) atoms. The second-order valence-corrected chi connectivity index (χ2v) is 5.49. The Morgan fingerprint density at radius 2 is 1.84 bits per heavy atom. The van der Waals surface area contributed by atoms with Gasteiger partial charge in [-0.3, -0.25) is 4.79 Å². The Hall–Kier alpha value is -1.15. The fraction of sp³-hybridized carbons (Fsp3) is 0.588. The van der Waals surface area contributed by atoms with E-state index in [9.17, 15) is 4.79 Å². The van der Waals surface area contributed by atoms with Gasteiger partial charge in [0.25, 0.3) is 0 Å². The van der Waals surface area contributed by atoms with E-state index in [-0.39, 0.29) is 0 Å². The van der Waals surface area contributed by atoms with Gasteiger partial charge in [-0.05, 0) is 37.7 Å². The van der Waals surface area contributed by atoms with Gasteiger partial charge < -0.3 is 4.74 Å². The SMILES string of the molecule is CCCC(=O)[C@H]1CC[C@@H](OCc2ccccc2)CC1. The third-order valence-corrected chi connectivity index (χ3v) is 3.95. The highest BCUT2D eigenvalue weighted by Crippen LogP contribution is 2.28. The van der Waals surface area contributed by atoms with E-state index in [1.54, 1.807) is 0 Å². The third kappa shape index (κ3) is 4.46. The molecule has 1 aromatic rings. The standard InChI is InChI=1S/C17H24O2/c1-2-6-17(18)15-9-11-16(12-10-15)19-13-14-7-4-3-5-8-14/h3-5,7-8,15-16H,2,6,9-13H2,1H3/t15-,16+. The van der Waals surface area contributed by atoms with Crippen molar-refractivity contribution in [3.8, 4) is 0 Å². The molecule has 2 nitrogen and oxygen atoms in total. The zero-order chi connectivity index (χ0) is 13.5. The van der Waals surface area contributed by atoms with E-state index >= 15 is 0 Å². The van der Waals surface area contributed by atoms with E-state index < -0.39 is 0 Å². The van der Waals surface area contributed by atoms with Crippen molar-refractivity contribution in [1.29, 1.82) is 0 Å². The summed E-state index contributed by atoms with van der Waals surface area (Å²) in [6.07, 6.45) is 6.16. The lowest BCUT2D eigenvalue weighted by atomic mass is 9.83. The van der Waals surface area contributed by atoms with Crippen LogP contribution in [-0.4, -0.2) is 11.9 Å². The van der Waals surface area contributed by atoms with Crippen LogP contribution in [0.2, 0.25) is 0 Å². The largest absolute Gasteiger partial charge is 0.374 e. The van der Waals surface area contributed by atoms with Gasteiger partial charge in [0.2, 0.25) is 0 Å². The molecule has 2 heteroatoms. The monoisotopic (exact) mass is 260 g/mol. The second-order valence-electron chi connectivity index (χ2n) is 5.49. The lowest BCUT2D eigenvalue weighted by Gasteiger charge is -2.27. The minimum atomic E-state index is 0.302. The first-order valence-corrected chi connectivity index (χ1v) is 7.48. The average molecular weight is 260 g/mol. The molecule has 0 heterocycles. The fourth-order valence-corrected chi connectivity index (χ4v) is 2.79. The average Bonchev–Trinajstić information content (AvgIpc) is 2.47. The minimum absolute atomic E-state index is 0.302. The molecule has 1 aliphatic rings. The van der Waals surface area contributed by atoms with Crippen molar-refractivity contribution in [2.45, 2.75) is 58.2 Å². The van der Waals surface area contributed by atoms with Gasteiger partial charge in [0.05, 0.1) is 12.7 Å². The summed E-state index contributed by atoms with van der Waals surface area (Å²) in [6, 6.07) is 10.3. The summed E-state index contributed by atoms with van der Waals surface area (Å²) >= 11 is 0. The molecule has 0 unspecified atom stereocenters. The first-order chi connectivity index (χ1) is 9.29. The fourth-order valence-electron chi connectivity index (χ4n) is 2.79. The first-order valence-electron chi connectivity index (χ1n) is 7.48. The topological polar surface area (TPSA) is 26.3 Å². The second kappa shape index (κ2) is 7.44. The van der Waals surface area contributed by atoms with Gasteiger partial charge in [-0.1, -0.05) is 37.3 Å². The van der Waals surface area contributed by atoms with E-state index in [2.05, 4.69) is 19.1 Å². The van der Waals surface area contributed by atoms with Crippen molar-refractivity contribution < 1.29 is 9.53 Å². The molecule has 1 saturated carbocycles. The highest BCUT2D eigenvalue weighted by Gasteiger charge is 2.25. The quantitative estimate of drug-likeness (QED) is 0.768. The predicted molar refractivity (Wildman–Crippen MR) is 76.9 cm³/mol. The van der Waals surface area contributed by atoms with Crippen LogP contribution >= 0.6 is 0 Å². The van der Waals surface area contributed by atoms with Gasteiger partial charge in [0.1, 0.15) is 5.78 Å². The highest BCUT2D eigenvalue weighted by atomic mass is 16.5. The number of rotatable bonds is 6. The molecule has 104 valence electrons. The number of carbonyl (C=O) groups is 1. The lowest BCUT2D eigenvalue weighted by molar-refractivity contribution is -0.124. The van der Waals surface area contributed by atoms with Crippen molar-refractivity contribution in [2.24, 2.45) is 5.92 Å². The van der Waals surface area contributed by atoms with Crippen molar-refractivity contribution in [3.05, 3.63) is 35.9 Å². The lowest BCUT2D eigenvalue weighted by Crippen LogP contribution is -2.26. The van der Waals surface area contributed by atoms with E-state index in [0.717, 1.165) is 38.5 Å². The Bertz CT molecular complexity index is 378. The molecule has 0 aliphatic heterocycles. The van der Waals surface area contributed by atoms with Gasteiger partial charge in [-0.15, -0.1) is 0 Å². The van der Waals surface area contributed by atoms with Gasteiger partial charge in [0, 0.05) is 12.3 Å². The van der Waals surface area contributed by atoms with Crippen molar-refractivity contribution >= 4 is 5.78 Å². The normalized spacial score (nSPS) is 23.2. The van der Waals surface area contributed by atoms with Gasteiger partial charge in [-0.25, -0.2) is 0 Å². The zero-order valence-electron chi connectivity index (χ0n) is 11.8. The summed E-state index contributed by atoms with van der Waals surface area (Å²) in [4.78, 5) is 11.8. The molecule has 1 aromatic carbocycles. The van der Waals surface area contributed by atoms with Crippen LogP contribution in [0.25, 0.3) is 0 Å². The van der Waals surface area contributed by atoms with Crippen LogP contribution in [0.3, 0.4) is 0 Å². The van der Waals surface area contributed by atoms with Crippen LogP contribution in [0.5, 0.6) is 0 Å². The number of carbonyl (C=O) groups excluding carboxylic acids is 1.